The minimum Gasteiger partial charge on any atom is -0.501 e. The molecular formula is C24H44O. The lowest BCUT2D eigenvalue weighted by Gasteiger charge is -2.37. The molecule has 1 heteroatoms. The Morgan fingerprint density at radius 1 is 0.720 bits per heavy atom. The Bertz CT molecular complexity index is 332. The van der Waals surface area contributed by atoms with Crippen molar-refractivity contribution in [2.75, 3.05) is 6.61 Å². The fourth-order valence-electron chi connectivity index (χ4n) is 5.17. The van der Waals surface area contributed by atoms with Gasteiger partial charge in [-0.2, -0.15) is 0 Å². The summed E-state index contributed by atoms with van der Waals surface area (Å²) >= 11 is 0. The van der Waals surface area contributed by atoms with E-state index in [4.69, 9.17) is 4.74 Å². The van der Waals surface area contributed by atoms with Crippen molar-refractivity contribution in [3.05, 3.63) is 12.3 Å². The molecule has 0 saturated heterocycles. The second kappa shape index (κ2) is 12.8. The van der Waals surface area contributed by atoms with Crippen molar-refractivity contribution in [2.45, 2.75) is 110 Å². The maximum atomic E-state index is 5.69. The van der Waals surface area contributed by atoms with Gasteiger partial charge < -0.3 is 4.74 Å². The average molecular weight is 349 g/mol. The van der Waals surface area contributed by atoms with Gasteiger partial charge in [-0.05, 0) is 68.6 Å². The normalized spacial score (nSPS) is 30.6. The van der Waals surface area contributed by atoms with E-state index in [2.05, 4.69) is 19.9 Å². The van der Waals surface area contributed by atoms with E-state index >= 15 is 0 Å². The van der Waals surface area contributed by atoms with Crippen molar-refractivity contribution < 1.29 is 4.74 Å². The zero-order chi connectivity index (χ0) is 17.7. The molecule has 0 heterocycles. The van der Waals surface area contributed by atoms with Crippen molar-refractivity contribution in [2.24, 2.45) is 23.7 Å². The van der Waals surface area contributed by atoms with Crippen molar-refractivity contribution in [3.63, 3.8) is 0 Å². The summed E-state index contributed by atoms with van der Waals surface area (Å²) in [5.74, 6) is 3.97. The number of unbranched alkanes of at least 4 members (excludes halogenated alkanes) is 4. The Kier molecular flexibility index (Phi) is 10.7. The van der Waals surface area contributed by atoms with Crippen molar-refractivity contribution in [1.82, 2.24) is 0 Å². The van der Waals surface area contributed by atoms with E-state index in [1.807, 2.05) is 6.26 Å². The minimum absolute atomic E-state index is 0.817. The zero-order valence-electron chi connectivity index (χ0n) is 17.2. The highest BCUT2D eigenvalue weighted by Gasteiger charge is 2.30. The summed E-state index contributed by atoms with van der Waals surface area (Å²) in [7, 11) is 0. The number of ether oxygens (including phenoxy) is 1. The number of allylic oxidation sites excluding steroid dienone is 1. The molecule has 0 radical (unpaired) electrons. The molecule has 1 nitrogen and oxygen atoms in total. The first-order valence-electron chi connectivity index (χ1n) is 11.6. The summed E-state index contributed by atoms with van der Waals surface area (Å²) < 4.78 is 5.69. The minimum atomic E-state index is 0.817. The first-order valence-corrected chi connectivity index (χ1v) is 11.6. The first kappa shape index (κ1) is 20.8. The monoisotopic (exact) mass is 348 g/mol. The van der Waals surface area contributed by atoms with E-state index in [-0.39, 0.29) is 0 Å². The van der Waals surface area contributed by atoms with Crippen molar-refractivity contribution in [1.29, 1.82) is 0 Å². The predicted molar refractivity (Wildman–Crippen MR) is 110 cm³/mol. The number of rotatable bonds is 11. The molecule has 0 spiro atoms. The molecule has 0 atom stereocenters. The molecule has 2 rings (SSSR count). The van der Waals surface area contributed by atoms with Crippen LogP contribution in [0.4, 0.5) is 0 Å². The van der Waals surface area contributed by atoms with E-state index in [1.165, 1.54) is 89.9 Å². The highest BCUT2D eigenvalue weighted by molar-refractivity contribution is 4.82. The second-order valence-electron chi connectivity index (χ2n) is 8.88. The summed E-state index contributed by atoms with van der Waals surface area (Å²) in [5, 5.41) is 0. The lowest BCUT2D eigenvalue weighted by molar-refractivity contribution is 0.108. The highest BCUT2D eigenvalue weighted by atomic mass is 16.5. The Morgan fingerprint density at radius 2 is 1.32 bits per heavy atom. The smallest absolute Gasteiger partial charge is 0.0901 e. The number of hydrogen-bond acceptors (Lipinski definition) is 1. The molecule has 2 saturated carbocycles. The lowest BCUT2D eigenvalue weighted by Crippen LogP contribution is -2.27. The van der Waals surface area contributed by atoms with Crippen LogP contribution in [0.15, 0.2) is 12.3 Å². The molecule has 0 aromatic rings. The molecule has 0 unspecified atom stereocenters. The maximum Gasteiger partial charge on any atom is 0.0901 e. The van der Waals surface area contributed by atoms with E-state index in [0.29, 0.717) is 0 Å². The van der Waals surface area contributed by atoms with E-state index in [0.717, 1.165) is 36.7 Å². The van der Waals surface area contributed by atoms with Crippen LogP contribution in [-0.4, -0.2) is 6.61 Å². The van der Waals surface area contributed by atoms with Crippen LogP contribution in [0.2, 0.25) is 0 Å². The predicted octanol–water partition coefficient (Wildman–Crippen LogP) is 7.90. The van der Waals surface area contributed by atoms with Gasteiger partial charge in [0.2, 0.25) is 0 Å². The van der Waals surface area contributed by atoms with Gasteiger partial charge in [0.15, 0.2) is 0 Å². The molecule has 0 bridgehead atoms. The van der Waals surface area contributed by atoms with E-state index in [9.17, 15) is 0 Å². The Labute approximate surface area is 158 Å². The third-order valence-corrected chi connectivity index (χ3v) is 6.93. The quantitative estimate of drug-likeness (QED) is 0.272. The van der Waals surface area contributed by atoms with Gasteiger partial charge in [0.05, 0.1) is 12.9 Å². The van der Waals surface area contributed by atoms with Crippen LogP contribution in [0.3, 0.4) is 0 Å². The molecular weight excluding hydrogens is 304 g/mol. The second-order valence-corrected chi connectivity index (χ2v) is 8.88. The summed E-state index contributed by atoms with van der Waals surface area (Å²) in [4.78, 5) is 0. The van der Waals surface area contributed by atoms with Gasteiger partial charge in [-0.15, -0.1) is 0 Å². The molecule has 0 N–H and O–H groups in total. The van der Waals surface area contributed by atoms with E-state index in [1.54, 1.807) is 0 Å². The first-order chi connectivity index (χ1) is 12.3. The summed E-state index contributed by atoms with van der Waals surface area (Å²) in [6.07, 6.45) is 25.8. The fourth-order valence-corrected chi connectivity index (χ4v) is 5.17. The summed E-state index contributed by atoms with van der Waals surface area (Å²) in [6.45, 7) is 5.42. The van der Waals surface area contributed by atoms with Gasteiger partial charge in [0.25, 0.3) is 0 Å². The van der Waals surface area contributed by atoms with Gasteiger partial charge in [-0.3, -0.25) is 0 Å². The highest BCUT2D eigenvalue weighted by Crippen LogP contribution is 2.42. The molecule has 0 aromatic heterocycles. The SMILES string of the molecule is CC/C=C\OCC1CCC([C@H]2CC[C@H](CCCCCCC)CC2)CC1. The third-order valence-electron chi connectivity index (χ3n) is 6.93. The Morgan fingerprint density at radius 3 is 1.92 bits per heavy atom. The van der Waals surface area contributed by atoms with Crippen LogP contribution in [0.5, 0.6) is 0 Å². The van der Waals surface area contributed by atoms with Crippen LogP contribution >= 0.6 is 0 Å². The molecule has 0 aromatic carbocycles. The van der Waals surface area contributed by atoms with Crippen molar-refractivity contribution in [3.8, 4) is 0 Å². The summed E-state index contributed by atoms with van der Waals surface area (Å²) in [6, 6.07) is 0. The topological polar surface area (TPSA) is 9.23 Å². The molecule has 146 valence electrons. The fraction of sp³-hybridized carbons (Fsp3) is 0.917. The van der Waals surface area contributed by atoms with E-state index < -0.39 is 0 Å². The van der Waals surface area contributed by atoms with Gasteiger partial charge in [-0.1, -0.05) is 71.3 Å². The van der Waals surface area contributed by atoms with Crippen LogP contribution in [0.25, 0.3) is 0 Å². The molecule has 2 aliphatic carbocycles. The standard InChI is InChI=1S/C24H44O/c1-3-5-7-8-9-10-21-11-15-23(16-12-21)24-17-13-22(14-18-24)20-25-19-6-4-2/h6,19,21-24H,3-5,7-18,20H2,1-2H3/b19-6-/t21-,22?,23-,24?. The third kappa shape index (κ3) is 8.18. The summed E-state index contributed by atoms with van der Waals surface area (Å²) in [5.41, 5.74) is 0. The lowest BCUT2D eigenvalue weighted by atomic mass is 9.69. The zero-order valence-corrected chi connectivity index (χ0v) is 17.2. The largest absolute Gasteiger partial charge is 0.501 e. The molecule has 2 fully saturated rings. The average Bonchev–Trinajstić information content (AvgIpc) is 2.66. The van der Waals surface area contributed by atoms with Gasteiger partial charge in [-0.25, -0.2) is 0 Å². The van der Waals surface area contributed by atoms with Crippen molar-refractivity contribution >= 4 is 0 Å². The van der Waals surface area contributed by atoms with Crippen LogP contribution in [0, 0.1) is 23.7 Å². The van der Waals surface area contributed by atoms with Gasteiger partial charge in [0.1, 0.15) is 0 Å². The molecule has 0 amide bonds. The Balaban J connectivity index is 1.54. The molecule has 0 aliphatic heterocycles. The molecule has 2 aliphatic rings. The van der Waals surface area contributed by atoms with Gasteiger partial charge >= 0.3 is 0 Å². The Hall–Kier alpha value is -0.460. The van der Waals surface area contributed by atoms with Crippen LogP contribution in [0.1, 0.15) is 110 Å². The number of hydrogen-bond donors (Lipinski definition) is 0. The maximum absolute atomic E-state index is 5.69. The molecule has 25 heavy (non-hydrogen) atoms. The van der Waals surface area contributed by atoms with Crippen LogP contribution < -0.4 is 0 Å². The van der Waals surface area contributed by atoms with Crippen LogP contribution in [-0.2, 0) is 4.74 Å². The van der Waals surface area contributed by atoms with Gasteiger partial charge in [0, 0.05) is 0 Å².